The average molecular weight is 344 g/mol. The molecule has 130 valence electrons. The van der Waals surface area contributed by atoms with Crippen LogP contribution >= 0.6 is 0 Å². The van der Waals surface area contributed by atoms with Gasteiger partial charge < -0.3 is 10.6 Å². The second-order valence-electron chi connectivity index (χ2n) is 5.72. The van der Waals surface area contributed by atoms with Crippen molar-refractivity contribution in [3.8, 4) is 11.4 Å². The first-order chi connectivity index (χ1) is 11.9. The van der Waals surface area contributed by atoms with E-state index < -0.39 is 11.8 Å². The number of rotatable bonds is 4. The number of benzene rings is 1. The van der Waals surface area contributed by atoms with Gasteiger partial charge in [-0.3, -0.25) is 4.68 Å². The van der Waals surface area contributed by atoms with Crippen LogP contribution in [0.4, 0.5) is 20.6 Å². The van der Waals surface area contributed by atoms with Crippen LogP contribution in [0.1, 0.15) is 19.9 Å². The van der Waals surface area contributed by atoms with E-state index in [9.17, 15) is 9.18 Å². The Hall–Kier alpha value is -3.30. The van der Waals surface area contributed by atoms with Crippen molar-refractivity contribution >= 4 is 17.4 Å². The fraction of sp³-hybridized carbons (Fsp3) is 0.267. The molecule has 0 aliphatic heterocycles. The number of carbonyl (C=O) groups is 1. The topological polar surface area (TPSA) is 103 Å². The maximum Gasteiger partial charge on any atom is 0.323 e. The van der Waals surface area contributed by atoms with E-state index in [0.29, 0.717) is 17.2 Å². The number of halogens is 1. The Morgan fingerprint density at radius 2 is 2.00 bits per heavy atom. The number of aromatic nitrogens is 6. The van der Waals surface area contributed by atoms with E-state index in [1.165, 1.54) is 23.0 Å². The van der Waals surface area contributed by atoms with Crippen LogP contribution in [-0.2, 0) is 7.05 Å². The highest BCUT2D eigenvalue weighted by molar-refractivity contribution is 5.99. The first-order valence-electron chi connectivity index (χ1n) is 7.58. The van der Waals surface area contributed by atoms with Gasteiger partial charge in [0.1, 0.15) is 5.82 Å². The third-order valence-corrected chi connectivity index (χ3v) is 3.41. The van der Waals surface area contributed by atoms with Crippen LogP contribution in [0.3, 0.4) is 0 Å². The van der Waals surface area contributed by atoms with Crippen molar-refractivity contribution in [1.29, 1.82) is 0 Å². The Balaban J connectivity index is 1.75. The number of aryl methyl sites for hydroxylation is 1. The average Bonchev–Trinajstić information content (AvgIpc) is 3.16. The largest absolute Gasteiger partial charge is 0.323 e. The van der Waals surface area contributed by atoms with Gasteiger partial charge in [-0.25, -0.2) is 13.9 Å². The number of nitrogens with zero attached hydrogens (tertiary/aromatic N) is 6. The summed E-state index contributed by atoms with van der Waals surface area (Å²) in [5.74, 6) is -0.199. The van der Waals surface area contributed by atoms with Crippen molar-refractivity contribution in [2.75, 3.05) is 10.6 Å². The van der Waals surface area contributed by atoms with E-state index >= 15 is 0 Å². The van der Waals surface area contributed by atoms with Crippen LogP contribution in [0.5, 0.6) is 0 Å². The van der Waals surface area contributed by atoms with Crippen molar-refractivity contribution < 1.29 is 9.18 Å². The predicted molar refractivity (Wildman–Crippen MR) is 89.4 cm³/mol. The fourth-order valence-corrected chi connectivity index (χ4v) is 2.27. The molecule has 0 saturated heterocycles. The molecule has 25 heavy (non-hydrogen) atoms. The number of amides is 2. The standard InChI is InChI=1S/C15H17FN8O/c1-9(2)24-14(20-21-22-24)12-5-4-10(6-13(12)16)18-15(25)19-11-7-17-23(3)8-11/h4-9H,1-3H3,(H2,18,19,25). The first kappa shape index (κ1) is 16.6. The lowest BCUT2D eigenvalue weighted by molar-refractivity contribution is 0.262. The van der Waals surface area contributed by atoms with Gasteiger partial charge in [-0.05, 0) is 42.5 Å². The van der Waals surface area contributed by atoms with Crippen LogP contribution in [-0.4, -0.2) is 36.0 Å². The van der Waals surface area contributed by atoms with Crippen LogP contribution in [0.25, 0.3) is 11.4 Å². The van der Waals surface area contributed by atoms with Crippen molar-refractivity contribution in [1.82, 2.24) is 30.0 Å². The molecule has 2 amide bonds. The number of tetrazole rings is 1. The molecule has 0 radical (unpaired) electrons. The molecule has 0 fully saturated rings. The molecule has 0 saturated carbocycles. The summed E-state index contributed by atoms with van der Waals surface area (Å²) in [7, 11) is 1.74. The summed E-state index contributed by atoms with van der Waals surface area (Å²) in [5, 5.41) is 20.4. The smallest absolute Gasteiger partial charge is 0.308 e. The van der Waals surface area contributed by atoms with Crippen LogP contribution in [0.15, 0.2) is 30.6 Å². The molecule has 2 N–H and O–H groups in total. The number of nitrogens with one attached hydrogen (secondary N) is 2. The van der Waals surface area contributed by atoms with Gasteiger partial charge in [-0.1, -0.05) is 0 Å². The normalized spacial score (nSPS) is 10.9. The fourth-order valence-electron chi connectivity index (χ4n) is 2.27. The van der Waals surface area contributed by atoms with E-state index in [0.717, 1.165) is 0 Å². The molecule has 0 atom stereocenters. The summed E-state index contributed by atoms with van der Waals surface area (Å²) in [4.78, 5) is 11.9. The first-order valence-corrected chi connectivity index (χ1v) is 7.58. The minimum absolute atomic E-state index is 0.00698. The minimum atomic E-state index is -0.532. The molecule has 0 spiro atoms. The van der Waals surface area contributed by atoms with Crippen molar-refractivity contribution in [3.63, 3.8) is 0 Å². The quantitative estimate of drug-likeness (QED) is 0.757. The van der Waals surface area contributed by atoms with Gasteiger partial charge in [0.15, 0.2) is 5.82 Å². The van der Waals surface area contributed by atoms with E-state index in [2.05, 4.69) is 31.3 Å². The second kappa shape index (κ2) is 6.67. The van der Waals surface area contributed by atoms with Crippen LogP contribution < -0.4 is 10.6 Å². The van der Waals surface area contributed by atoms with E-state index in [1.54, 1.807) is 24.0 Å². The molecule has 3 aromatic rings. The van der Waals surface area contributed by atoms with Crippen molar-refractivity contribution in [2.24, 2.45) is 7.05 Å². The number of anilines is 2. The second-order valence-corrected chi connectivity index (χ2v) is 5.72. The molecular weight excluding hydrogens is 327 g/mol. The molecular formula is C15H17FN8O. The SMILES string of the molecule is CC(C)n1nnnc1-c1ccc(NC(=O)Nc2cnn(C)c2)cc1F. The number of hydrogen-bond acceptors (Lipinski definition) is 5. The lowest BCUT2D eigenvalue weighted by Crippen LogP contribution is -2.19. The third-order valence-electron chi connectivity index (χ3n) is 3.41. The molecule has 1 aromatic carbocycles. The summed E-state index contributed by atoms with van der Waals surface area (Å²) in [6.45, 7) is 3.80. The molecule has 0 bridgehead atoms. The maximum atomic E-state index is 14.4. The van der Waals surface area contributed by atoms with Crippen molar-refractivity contribution in [2.45, 2.75) is 19.9 Å². The minimum Gasteiger partial charge on any atom is -0.308 e. The van der Waals surface area contributed by atoms with Gasteiger partial charge in [0.2, 0.25) is 0 Å². The summed E-state index contributed by atoms with van der Waals surface area (Å²) in [6.07, 6.45) is 3.16. The summed E-state index contributed by atoms with van der Waals surface area (Å²) in [5.41, 5.74) is 1.11. The number of hydrogen-bond donors (Lipinski definition) is 2. The highest BCUT2D eigenvalue weighted by Gasteiger charge is 2.16. The monoisotopic (exact) mass is 344 g/mol. The molecule has 0 aliphatic rings. The highest BCUT2D eigenvalue weighted by Crippen LogP contribution is 2.25. The van der Waals surface area contributed by atoms with Gasteiger partial charge in [0, 0.05) is 18.9 Å². The third kappa shape index (κ3) is 3.62. The Bertz CT molecular complexity index is 901. The van der Waals surface area contributed by atoms with E-state index in [4.69, 9.17) is 0 Å². The van der Waals surface area contributed by atoms with Gasteiger partial charge in [0.25, 0.3) is 0 Å². The molecule has 0 aliphatic carbocycles. The predicted octanol–water partition coefficient (Wildman–Crippen LogP) is 2.44. The van der Waals surface area contributed by atoms with Gasteiger partial charge in [-0.2, -0.15) is 5.10 Å². The molecule has 2 heterocycles. The summed E-state index contributed by atoms with van der Waals surface area (Å²) < 4.78 is 17.5. The summed E-state index contributed by atoms with van der Waals surface area (Å²) >= 11 is 0. The van der Waals surface area contributed by atoms with Crippen LogP contribution in [0.2, 0.25) is 0 Å². The maximum absolute atomic E-state index is 14.4. The Kier molecular flexibility index (Phi) is 4.42. The molecule has 3 rings (SSSR count). The molecule has 2 aromatic heterocycles. The van der Waals surface area contributed by atoms with Crippen LogP contribution in [0, 0.1) is 5.82 Å². The zero-order chi connectivity index (χ0) is 18.0. The summed E-state index contributed by atoms with van der Waals surface area (Å²) in [6, 6.07) is 3.83. The number of urea groups is 1. The zero-order valence-electron chi connectivity index (χ0n) is 13.9. The molecule has 9 nitrogen and oxygen atoms in total. The Labute approximate surface area is 142 Å². The number of carbonyl (C=O) groups excluding carboxylic acids is 1. The molecule has 10 heteroatoms. The zero-order valence-corrected chi connectivity index (χ0v) is 13.9. The Morgan fingerprint density at radius 3 is 2.64 bits per heavy atom. The lowest BCUT2D eigenvalue weighted by atomic mass is 10.1. The Morgan fingerprint density at radius 1 is 1.24 bits per heavy atom. The highest BCUT2D eigenvalue weighted by atomic mass is 19.1. The lowest BCUT2D eigenvalue weighted by Gasteiger charge is -2.10. The van der Waals surface area contributed by atoms with Gasteiger partial charge in [0.05, 0.1) is 23.5 Å². The van der Waals surface area contributed by atoms with E-state index in [1.807, 2.05) is 13.8 Å². The molecule has 0 unspecified atom stereocenters. The van der Waals surface area contributed by atoms with Crippen molar-refractivity contribution in [3.05, 3.63) is 36.4 Å². The van der Waals surface area contributed by atoms with Gasteiger partial charge >= 0.3 is 6.03 Å². The van der Waals surface area contributed by atoms with Gasteiger partial charge in [-0.15, -0.1) is 5.10 Å². The van der Waals surface area contributed by atoms with E-state index in [-0.39, 0.29) is 11.6 Å².